The van der Waals surface area contributed by atoms with Gasteiger partial charge in [0.2, 0.25) is 0 Å². The molecule has 0 bridgehead atoms. The second-order valence-corrected chi connectivity index (χ2v) is 5.89. The molecule has 1 N–H and O–H groups in total. The van der Waals surface area contributed by atoms with Crippen LogP contribution in [0.5, 0.6) is 0 Å². The van der Waals surface area contributed by atoms with Crippen molar-refractivity contribution < 1.29 is 4.39 Å². The minimum absolute atomic E-state index is 0.0969. The molecule has 1 fully saturated rings. The number of benzene rings is 1. The molecule has 0 spiro atoms. The van der Waals surface area contributed by atoms with Gasteiger partial charge in [0, 0.05) is 19.1 Å². The Morgan fingerprint density at radius 3 is 2.60 bits per heavy atom. The molecule has 2 rings (SSSR count). The second-order valence-electron chi connectivity index (χ2n) is 5.89. The summed E-state index contributed by atoms with van der Waals surface area (Å²) < 4.78 is 14.4. The average molecular weight is 278 g/mol. The van der Waals surface area contributed by atoms with E-state index in [1.165, 1.54) is 32.1 Å². The van der Waals surface area contributed by atoms with E-state index in [0.29, 0.717) is 6.04 Å². The van der Waals surface area contributed by atoms with Crippen LogP contribution >= 0.6 is 0 Å². The molecule has 20 heavy (non-hydrogen) atoms. The molecule has 0 amide bonds. The van der Waals surface area contributed by atoms with Crippen molar-refractivity contribution in [3.8, 4) is 0 Å². The summed E-state index contributed by atoms with van der Waals surface area (Å²) in [5.74, 6) is -0.0969. The lowest BCUT2D eigenvalue weighted by molar-refractivity contribution is 0.424. The summed E-state index contributed by atoms with van der Waals surface area (Å²) in [5, 5.41) is 3.32. The summed E-state index contributed by atoms with van der Waals surface area (Å²) in [4.78, 5) is 2.14. The number of hydrogen-bond acceptors (Lipinski definition) is 2. The highest BCUT2D eigenvalue weighted by atomic mass is 19.1. The molecule has 3 heteroatoms. The number of anilines is 1. The second kappa shape index (κ2) is 7.07. The molecule has 0 radical (unpaired) electrons. The van der Waals surface area contributed by atoms with Gasteiger partial charge in [-0.15, -0.1) is 0 Å². The maximum atomic E-state index is 14.4. The van der Waals surface area contributed by atoms with Crippen molar-refractivity contribution in [1.82, 2.24) is 5.32 Å². The van der Waals surface area contributed by atoms with E-state index in [0.717, 1.165) is 17.8 Å². The summed E-state index contributed by atoms with van der Waals surface area (Å²) in [6.07, 6.45) is 6.24. The van der Waals surface area contributed by atoms with Gasteiger partial charge in [0.1, 0.15) is 5.82 Å². The van der Waals surface area contributed by atoms with E-state index in [2.05, 4.69) is 24.1 Å². The van der Waals surface area contributed by atoms with Crippen molar-refractivity contribution in [2.75, 3.05) is 18.5 Å². The van der Waals surface area contributed by atoms with Gasteiger partial charge in [0.25, 0.3) is 0 Å². The van der Waals surface area contributed by atoms with Gasteiger partial charge in [-0.25, -0.2) is 4.39 Å². The predicted molar refractivity (Wildman–Crippen MR) is 83.8 cm³/mol. The zero-order valence-electron chi connectivity index (χ0n) is 13.0. The topological polar surface area (TPSA) is 15.3 Å². The normalized spacial score (nSPS) is 18.0. The average Bonchev–Trinajstić information content (AvgIpc) is 2.47. The highest BCUT2D eigenvalue weighted by molar-refractivity contribution is 5.50. The van der Waals surface area contributed by atoms with E-state index in [1.807, 2.05) is 19.2 Å². The molecule has 0 saturated heterocycles. The van der Waals surface area contributed by atoms with Gasteiger partial charge in [-0.1, -0.05) is 32.3 Å². The third kappa shape index (κ3) is 3.51. The molecule has 2 nitrogen and oxygen atoms in total. The van der Waals surface area contributed by atoms with Crippen LogP contribution < -0.4 is 10.2 Å². The molecule has 0 aromatic heterocycles. The first kappa shape index (κ1) is 15.3. The van der Waals surface area contributed by atoms with Crippen molar-refractivity contribution in [2.24, 2.45) is 0 Å². The van der Waals surface area contributed by atoms with Crippen molar-refractivity contribution in [2.45, 2.75) is 58.0 Å². The van der Waals surface area contributed by atoms with Gasteiger partial charge in [0.05, 0.1) is 5.69 Å². The molecule has 1 atom stereocenters. The Morgan fingerprint density at radius 1 is 1.30 bits per heavy atom. The quantitative estimate of drug-likeness (QED) is 0.865. The minimum atomic E-state index is -0.0969. The van der Waals surface area contributed by atoms with Crippen LogP contribution in [0.25, 0.3) is 0 Å². The minimum Gasteiger partial charge on any atom is -0.369 e. The van der Waals surface area contributed by atoms with Gasteiger partial charge in [-0.05, 0) is 44.0 Å². The zero-order chi connectivity index (χ0) is 14.5. The van der Waals surface area contributed by atoms with Crippen molar-refractivity contribution in [3.05, 3.63) is 29.6 Å². The summed E-state index contributed by atoms with van der Waals surface area (Å²) >= 11 is 0. The third-order valence-corrected chi connectivity index (χ3v) is 4.48. The Morgan fingerprint density at radius 2 is 2.00 bits per heavy atom. The number of rotatable bonds is 5. The Hall–Kier alpha value is -1.09. The molecule has 0 heterocycles. The highest BCUT2D eigenvalue weighted by Crippen LogP contribution is 2.29. The molecule has 0 aliphatic heterocycles. The summed E-state index contributed by atoms with van der Waals surface area (Å²) in [7, 11) is 2.03. The Labute approximate surface area is 122 Å². The van der Waals surface area contributed by atoms with Gasteiger partial charge in [0.15, 0.2) is 0 Å². The zero-order valence-corrected chi connectivity index (χ0v) is 13.0. The van der Waals surface area contributed by atoms with Crippen molar-refractivity contribution in [1.29, 1.82) is 0 Å². The highest BCUT2D eigenvalue weighted by Gasteiger charge is 2.20. The summed E-state index contributed by atoms with van der Waals surface area (Å²) in [6, 6.07) is 6.36. The third-order valence-electron chi connectivity index (χ3n) is 4.48. The van der Waals surface area contributed by atoms with Gasteiger partial charge in [-0.2, -0.15) is 0 Å². The van der Waals surface area contributed by atoms with E-state index in [9.17, 15) is 4.39 Å². The number of nitrogens with one attached hydrogen (secondary N) is 1. The van der Waals surface area contributed by atoms with Crippen LogP contribution in [0.2, 0.25) is 0 Å². The fourth-order valence-electron chi connectivity index (χ4n) is 3.17. The van der Waals surface area contributed by atoms with Crippen LogP contribution in [-0.4, -0.2) is 19.6 Å². The van der Waals surface area contributed by atoms with E-state index < -0.39 is 0 Å². The lowest BCUT2D eigenvalue weighted by Gasteiger charge is -2.33. The smallest absolute Gasteiger partial charge is 0.146 e. The van der Waals surface area contributed by atoms with Crippen LogP contribution in [-0.2, 0) is 0 Å². The van der Waals surface area contributed by atoms with E-state index in [-0.39, 0.29) is 11.9 Å². The van der Waals surface area contributed by atoms with Gasteiger partial charge in [-0.3, -0.25) is 0 Å². The molecule has 1 aromatic carbocycles. The van der Waals surface area contributed by atoms with E-state index in [4.69, 9.17) is 0 Å². The molecule has 1 aliphatic rings. The fourth-order valence-corrected chi connectivity index (χ4v) is 3.17. The largest absolute Gasteiger partial charge is 0.369 e. The Kier molecular flexibility index (Phi) is 5.41. The van der Waals surface area contributed by atoms with Gasteiger partial charge < -0.3 is 10.2 Å². The lowest BCUT2D eigenvalue weighted by atomic mass is 9.94. The molecule has 1 unspecified atom stereocenters. The summed E-state index contributed by atoms with van der Waals surface area (Å²) in [6.45, 7) is 5.04. The SMILES string of the molecule is CCNC(C)c1ccc(N(C)C2CCCCC2)c(F)c1. The van der Waals surface area contributed by atoms with E-state index >= 15 is 0 Å². The van der Waals surface area contributed by atoms with Crippen LogP contribution in [0.15, 0.2) is 18.2 Å². The Bertz CT molecular complexity index is 427. The van der Waals surface area contributed by atoms with Crippen molar-refractivity contribution >= 4 is 5.69 Å². The van der Waals surface area contributed by atoms with Crippen LogP contribution in [0.1, 0.15) is 57.6 Å². The number of nitrogens with zero attached hydrogens (tertiary/aromatic N) is 1. The van der Waals surface area contributed by atoms with Crippen LogP contribution in [0.3, 0.4) is 0 Å². The predicted octanol–water partition coefficient (Wildman–Crippen LogP) is 4.27. The number of halogens is 1. The molecule has 1 saturated carbocycles. The van der Waals surface area contributed by atoms with Crippen molar-refractivity contribution in [3.63, 3.8) is 0 Å². The molecular formula is C17H27FN2. The first-order chi connectivity index (χ1) is 9.63. The molecule has 1 aliphatic carbocycles. The first-order valence-electron chi connectivity index (χ1n) is 7.89. The Balaban J connectivity index is 2.12. The molecular weight excluding hydrogens is 251 g/mol. The maximum absolute atomic E-state index is 14.4. The molecule has 112 valence electrons. The monoisotopic (exact) mass is 278 g/mol. The van der Waals surface area contributed by atoms with Crippen LogP contribution in [0.4, 0.5) is 10.1 Å². The maximum Gasteiger partial charge on any atom is 0.146 e. The first-order valence-corrected chi connectivity index (χ1v) is 7.89. The van der Waals surface area contributed by atoms with E-state index in [1.54, 1.807) is 6.07 Å². The summed E-state index contributed by atoms with van der Waals surface area (Å²) in [5.41, 5.74) is 1.76. The number of hydrogen-bond donors (Lipinski definition) is 1. The molecule has 1 aromatic rings. The van der Waals surface area contributed by atoms with Gasteiger partial charge >= 0.3 is 0 Å². The fraction of sp³-hybridized carbons (Fsp3) is 0.647. The lowest BCUT2D eigenvalue weighted by Crippen LogP contribution is -2.34. The standard InChI is InChI=1S/C17H27FN2/c1-4-19-13(2)14-10-11-17(16(18)12-14)20(3)15-8-6-5-7-9-15/h10-13,15,19H,4-9H2,1-3H3. The van der Waals surface area contributed by atoms with Crippen LogP contribution in [0, 0.1) is 5.82 Å².